The van der Waals surface area contributed by atoms with Crippen LogP contribution in [0.1, 0.15) is 20.8 Å². The third-order valence-electron chi connectivity index (χ3n) is 4.02. The van der Waals surface area contributed by atoms with E-state index in [-0.39, 0.29) is 5.97 Å². The molecule has 19 heteroatoms. The molecule has 2 rings (SSSR count). The van der Waals surface area contributed by atoms with Gasteiger partial charge in [0.1, 0.15) is 6.61 Å². The number of non-ortho nitro benzene ring substituents is 1. The van der Waals surface area contributed by atoms with Gasteiger partial charge in [0, 0.05) is 19.6 Å². The molecule has 3 N–H and O–H groups in total. The van der Waals surface area contributed by atoms with Gasteiger partial charge in [-0.05, 0) is 20.8 Å². The summed E-state index contributed by atoms with van der Waals surface area (Å²) < 4.78 is 42.0. The second-order valence-electron chi connectivity index (χ2n) is 7.89. The third kappa shape index (κ3) is 13.4. The predicted molar refractivity (Wildman–Crippen MR) is 120 cm³/mol. The maximum Gasteiger partial charge on any atom is 0.394 e. The summed E-state index contributed by atoms with van der Waals surface area (Å²) in [5, 5.41) is 40.2. The van der Waals surface area contributed by atoms with Crippen molar-refractivity contribution in [2.24, 2.45) is 5.41 Å². The van der Waals surface area contributed by atoms with E-state index in [0.717, 1.165) is 32.8 Å². The van der Waals surface area contributed by atoms with Gasteiger partial charge in [-0.2, -0.15) is 8.42 Å². The standard InChI is InChI=1S/C11H21NO3.C6H3N3O7.H2O4S/c1-11(2,3)10(13)15-9-6-12-4-7-14-8-5-12;10-6-4(8(13)14)1-3(7(11)12)2-5(6)9(15)16;1-5(2,3)4/h4-9H2,1-3H3;1-2,10H;(H2,1,2,3,4). The van der Waals surface area contributed by atoms with E-state index in [4.69, 9.17) is 32.1 Å². The Hall–Kier alpha value is -3.52. The fourth-order valence-electron chi connectivity index (χ4n) is 2.28. The molecule has 0 bridgehead atoms. The second-order valence-corrected chi connectivity index (χ2v) is 8.79. The highest BCUT2D eigenvalue weighted by Gasteiger charge is 2.30. The molecule has 0 aromatic heterocycles. The first-order valence-electron chi connectivity index (χ1n) is 9.82. The molecule has 0 radical (unpaired) electrons. The second kappa shape index (κ2) is 14.1. The van der Waals surface area contributed by atoms with E-state index in [2.05, 4.69) is 4.90 Å². The number of benzene rings is 1. The Morgan fingerprint density at radius 2 is 1.44 bits per heavy atom. The monoisotopic (exact) mass is 542 g/mol. The first-order valence-corrected chi connectivity index (χ1v) is 11.2. The summed E-state index contributed by atoms with van der Waals surface area (Å²) in [6.45, 7) is 10.3. The molecule has 0 amide bonds. The van der Waals surface area contributed by atoms with Crippen LogP contribution in [0.15, 0.2) is 12.1 Å². The van der Waals surface area contributed by atoms with E-state index in [1.54, 1.807) is 0 Å². The number of carbonyl (C=O) groups is 1. The average molecular weight is 542 g/mol. The highest BCUT2D eigenvalue weighted by molar-refractivity contribution is 7.79. The molecular weight excluding hydrogens is 516 g/mol. The van der Waals surface area contributed by atoms with Crippen molar-refractivity contribution in [2.45, 2.75) is 20.8 Å². The van der Waals surface area contributed by atoms with Crippen LogP contribution in [0, 0.1) is 35.8 Å². The van der Waals surface area contributed by atoms with Crippen molar-refractivity contribution in [2.75, 3.05) is 39.5 Å². The van der Waals surface area contributed by atoms with Gasteiger partial charge < -0.3 is 14.6 Å². The normalized spacial score (nSPS) is 13.8. The number of phenols is 1. The van der Waals surface area contributed by atoms with E-state index in [1.165, 1.54) is 0 Å². The van der Waals surface area contributed by atoms with Gasteiger partial charge in [0.2, 0.25) is 0 Å². The zero-order valence-electron chi connectivity index (χ0n) is 19.4. The Labute approximate surface area is 204 Å². The van der Waals surface area contributed by atoms with Crippen molar-refractivity contribution in [3.05, 3.63) is 42.5 Å². The number of aromatic hydroxyl groups is 1. The molecule has 1 aliphatic rings. The zero-order chi connectivity index (χ0) is 28.3. The van der Waals surface area contributed by atoms with Crippen LogP contribution < -0.4 is 0 Å². The summed E-state index contributed by atoms with van der Waals surface area (Å²) in [5.74, 6) is -1.34. The van der Waals surface area contributed by atoms with Crippen LogP contribution >= 0.6 is 0 Å². The Kier molecular flexibility index (Phi) is 12.8. The largest absolute Gasteiger partial charge is 0.497 e. The molecule has 0 unspecified atom stereocenters. The van der Waals surface area contributed by atoms with Gasteiger partial charge in [0.25, 0.3) is 11.4 Å². The Balaban J connectivity index is 0.000000575. The molecule has 36 heavy (non-hydrogen) atoms. The quantitative estimate of drug-likeness (QED) is 0.198. The number of esters is 1. The van der Waals surface area contributed by atoms with Gasteiger partial charge in [0.05, 0.1) is 45.5 Å². The number of ether oxygens (including phenoxy) is 2. The first kappa shape index (κ1) is 32.5. The fraction of sp³-hybridized carbons (Fsp3) is 0.588. The molecule has 18 nitrogen and oxygen atoms in total. The number of nitrogens with zero attached hydrogens (tertiary/aromatic N) is 4. The lowest BCUT2D eigenvalue weighted by Gasteiger charge is -2.26. The van der Waals surface area contributed by atoms with Crippen molar-refractivity contribution in [3.8, 4) is 5.75 Å². The van der Waals surface area contributed by atoms with Gasteiger partial charge in [-0.3, -0.25) is 49.1 Å². The minimum absolute atomic E-state index is 0.129. The molecule has 1 aromatic rings. The molecular formula is C17H26N4O14S. The predicted octanol–water partition coefficient (Wildman–Crippen LogP) is 1.37. The van der Waals surface area contributed by atoms with Crippen LogP contribution in [0.3, 0.4) is 0 Å². The summed E-state index contributed by atoms with van der Waals surface area (Å²) in [5.41, 5.74) is -3.40. The molecule has 0 spiro atoms. The van der Waals surface area contributed by atoms with Crippen LogP contribution in [0.25, 0.3) is 0 Å². The summed E-state index contributed by atoms with van der Waals surface area (Å²) >= 11 is 0. The van der Waals surface area contributed by atoms with Crippen molar-refractivity contribution in [1.82, 2.24) is 4.90 Å². The van der Waals surface area contributed by atoms with E-state index in [1.807, 2.05) is 20.8 Å². The van der Waals surface area contributed by atoms with Crippen molar-refractivity contribution >= 4 is 33.4 Å². The van der Waals surface area contributed by atoms with Gasteiger partial charge in [-0.25, -0.2) is 0 Å². The summed E-state index contributed by atoms with van der Waals surface area (Å²) in [7, 11) is -4.67. The van der Waals surface area contributed by atoms with Gasteiger partial charge in [-0.15, -0.1) is 0 Å². The van der Waals surface area contributed by atoms with Crippen LogP contribution in [-0.4, -0.2) is 87.7 Å². The molecule has 0 atom stereocenters. The van der Waals surface area contributed by atoms with Crippen LogP contribution in [0.4, 0.5) is 17.1 Å². The van der Waals surface area contributed by atoms with Gasteiger partial charge in [0.15, 0.2) is 0 Å². The average Bonchev–Trinajstić information content (AvgIpc) is 2.72. The molecule has 1 fully saturated rings. The van der Waals surface area contributed by atoms with Crippen LogP contribution in [0.5, 0.6) is 5.75 Å². The molecule has 1 heterocycles. The zero-order valence-corrected chi connectivity index (χ0v) is 20.2. The smallest absolute Gasteiger partial charge is 0.394 e. The SMILES string of the molecule is CC(C)(C)C(=O)OCCN1CCOCC1.O=S(=O)(O)O.O=[N+]([O-])c1cc([N+](=O)[O-])c(O)c([N+](=O)[O-])c1. The number of nitro benzene ring substituents is 3. The van der Waals surface area contributed by atoms with Crippen molar-refractivity contribution in [3.63, 3.8) is 0 Å². The summed E-state index contributed by atoms with van der Waals surface area (Å²) in [6.07, 6.45) is 0. The Morgan fingerprint density at radius 1 is 1.03 bits per heavy atom. The summed E-state index contributed by atoms with van der Waals surface area (Å²) in [4.78, 5) is 41.5. The molecule has 1 aliphatic heterocycles. The minimum atomic E-state index is -4.67. The number of carbonyl (C=O) groups excluding carboxylic acids is 1. The highest BCUT2D eigenvalue weighted by atomic mass is 32.3. The van der Waals surface area contributed by atoms with E-state index in [0.29, 0.717) is 18.7 Å². The highest BCUT2D eigenvalue weighted by Crippen LogP contribution is 2.38. The lowest BCUT2D eigenvalue weighted by atomic mass is 9.97. The third-order valence-corrected chi connectivity index (χ3v) is 4.02. The molecule has 0 saturated carbocycles. The molecule has 1 saturated heterocycles. The Morgan fingerprint density at radius 3 is 1.78 bits per heavy atom. The van der Waals surface area contributed by atoms with E-state index in [9.17, 15) is 35.1 Å². The number of nitro groups is 3. The lowest BCUT2D eigenvalue weighted by molar-refractivity contribution is -0.404. The number of hydrogen-bond acceptors (Lipinski definition) is 13. The maximum absolute atomic E-state index is 11.4. The van der Waals surface area contributed by atoms with Crippen LogP contribution in [-0.2, 0) is 24.7 Å². The van der Waals surface area contributed by atoms with E-state index < -0.39 is 53.4 Å². The van der Waals surface area contributed by atoms with Crippen LogP contribution in [0.2, 0.25) is 0 Å². The summed E-state index contributed by atoms with van der Waals surface area (Å²) in [6, 6.07) is 0.894. The number of phenolic OH excluding ortho intramolecular Hbond substituents is 1. The molecule has 1 aromatic carbocycles. The first-order chi connectivity index (χ1) is 16.3. The van der Waals surface area contributed by atoms with E-state index >= 15 is 0 Å². The lowest BCUT2D eigenvalue weighted by Crippen LogP contribution is -2.39. The van der Waals surface area contributed by atoms with Crippen molar-refractivity contribution < 1.29 is 51.7 Å². The van der Waals surface area contributed by atoms with Gasteiger partial charge in [-0.1, -0.05) is 0 Å². The number of rotatable bonds is 6. The number of hydrogen-bond donors (Lipinski definition) is 3. The maximum atomic E-state index is 11.4. The molecule has 204 valence electrons. The fourth-order valence-corrected chi connectivity index (χ4v) is 2.28. The topological polar surface area (TPSA) is 263 Å². The molecule has 0 aliphatic carbocycles. The number of morpholine rings is 1. The minimum Gasteiger partial charge on any atom is -0.497 e. The van der Waals surface area contributed by atoms with Crippen molar-refractivity contribution in [1.29, 1.82) is 0 Å². The van der Waals surface area contributed by atoms with Gasteiger partial charge >= 0.3 is 27.7 Å². The Bertz CT molecular complexity index is 1000.